The monoisotopic (exact) mass is 849 g/mol. The average Bonchev–Trinajstić information content (AvgIpc) is 3.64. The first kappa shape index (κ1) is 39.9. The third-order valence-corrected chi connectivity index (χ3v) is 10.0. The molecular formula is C42H28NO17P. The first-order chi connectivity index (χ1) is 28.8. The van der Waals surface area contributed by atoms with Crippen molar-refractivity contribution in [2.24, 2.45) is 5.50 Å². The number of aromatic hydroxyl groups is 4. The highest BCUT2D eigenvalue weighted by molar-refractivity contribution is 7.49. The first-order valence-corrected chi connectivity index (χ1v) is 19.2. The van der Waals surface area contributed by atoms with E-state index in [-0.39, 0.29) is 68.2 Å². The van der Waals surface area contributed by atoms with Crippen molar-refractivity contribution in [3.05, 3.63) is 165 Å². The van der Waals surface area contributed by atoms with E-state index in [4.69, 9.17) is 33.3 Å². The predicted molar refractivity (Wildman–Crippen MR) is 206 cm³/mol. The zero-order valence-electron chi connectivity index (χ0n) is 30.7. The summed E-state index contributed by atoms with van der Waals surface area (Å²) in [6, 6.07) is 25.8. The van der Waals surface area contributed by atoms with E-state index in [1.54, 1.807) is 24.3 Å². The van der Waals surface area contributed by atoms with E-state index < -0.39 is 42.8 Å². The summed E-state index contributed by atoms with van der Waals surface area (Å²) >= 11 is 0. The molecule has 10 N–H and O–H groups in total. The van der Waals surface area contributed by atoms with Crippen molar-refractivity contribution in [2.75, 3.05) is 0 Å². The Morgan fingerprint density at radius 1 is 0.475 bits per heavy atom. The number of ether oxygens (including phenoxy) is 4. The Balaban J connectivity index is 0.000000152. The third-order valence-electron chi connectivity index (χ3n) is 10.0. The Labute approximate surface area is 341 Å². The van der Waals surface area contributed by atoms with Crippen LogP contribution in [0.5, 0.6) is 46.0 Å². The number of carboxylic acids is 2. The number of benzene rings is 6. The highest BCUT2D eigenvalue weighted by Gasteiger charge is 2.55. The standard InChI is InChI=1S/2C21H12O7.H4NO3P/c2*22-11-2-5-14-17(8-11)27-18-9-12(23)3-6-15(18)21(14)16-7-10(19(24)25)1-4-13(16)20(26)28-21;1-5(2,3)4/h2*1-9,22-23H,(H,24,25);(H4,1,2,3,4). The van der Waals surface area contributed by atoms with E-state index in [1.165, 1.54) is 84.9 Å². The minimum absolute atomic E-state index is 0.00331. The number of hydrogen-bond acceptors (Lipinski definition) is 13. The van der Waals surface area contributed by atoms with Gasteiger partial charge in [-0.3, -0.25) is 0 Å². The van der Waals surface area contributed by atoms with Crippen LogP contribution in [0.25, 0.3) is 0 Å². The largest absolute Gasteiger partial charge is 0.508 e. The lowest BCUT2D eigenvalue weighted by Crippen LogP contribution is -2.33. The summed E-state index contributed by atoms with van der Waals surface area (Å²) < 4.78 is 32.5. The molecule has 0 saturated heterocycles. The van der Waals surface area contributed by atoms with Gasteiger partial charge in [-0.1, -0.05) is 0 Å². The van der Waals surface area contributed by atoms with Crippen molar-refractivity contribution in [3.63, 3.8) is 0 Å². The zero-order valence-corrected chi connectivity index (χ0v) is 31.6. The fourth-order valence-corrected chi connectivity index (χ4v) is 7.66. The van der Waals surface area contributed by atoms with Gasteiger partial charge in [0, 0.05) is 57.6 Å². The molecule has 0 unspecified atom stereocenters. The Bertz CT molecular complexity index is 2660. The number of carbonyl (C=O) groups excluding carboxylic acids is 2. The fraction of sp³-hybridized carbons (Fsp3) is 0.0476. The molecule has 0 bridgehead atoms. The number of rotatable bonds is 2. The molecule has 0 atom stereocenters. The number of phenolic OH excluding ortho intramolecular Hbond substituents is 4. The normalized spacial score (nSPS) is 14.9. The molecule has 0 amide bonds. The van der Waals surface area contributed by atoms with Gasteiger partial charge in [-0.25, -0.2) is 29.2 Å². The molecule has 4 aliphatic heterocycles. The number of carbonyl (C=O) groups is 4. The predicted octanol–water partition coefficient (Wildman–Crippen LogP) is 5.77. The highest BCUT2D eigenvalue weighted by atomic mass is 31.2. The van der Waals surface area contributed by atoms with Crippen molar-refractivity contribution in [1.82, 2.24) is 0 Å². The van der Waals surface area contributed by atoms with Crippen LogP contribution in [0.3, 0.4) is 0 Å². The maximum atomic E-state index is 12.7. The minimum Gasteiger partial charge on any atom is -0.508 e. The van der Waals surface area contributed by atoms with Gasteiger partial charge < -0.3 is 59.4 Å². The smallest absolute Gasteiger partial charge is 0.397 e. The Morgan fingerprint density at radius 2 is 0.754 bits per heavy atom. The van der Waals surface area contributed by atoms with Crippen LogP contribution in [0.15, 0.2) is 109 Å². The SMILES string of the molecule is NP(=O)(O)O.O=C(O)c1ccc2c(c1)C1(OC2=O)c2ccc(O)cc2Oc2cc(O)ccc21.O=C(O)c1ccc2c(c1)C1(OC2=O)c2ccc(O)cc2Oc2cc(O)ccc21. The Morgan fingerprint density at radius 3 is 1.02 bits per heavy atom. The quantitative estimate of drug-likeness (QED) is 0.0738. The lowest BCUT2D eigenvalue weighted by Gasteiger charge is -2.36. The molecule has 18 nitrogen and oxygen atoms in total. The fourth-order valence-electron chi connectivity index (χ4n) is 7.66. The number of aromatic carboxylic acids is 2. The molecule has 0 fully saturated rings. The second kappa shape index (κ2) is 14.1. The summed E-state index contributed by atoms with van der Waals surface area (Å²) in [5.74, 6) is -2.76. The molecule has 0 aliphatic carbocycles. The summed E-state index contributed by atoms with van der Waals surface area (Å²) in [5.41, 5.74) is 4.09. The number of hydrogen-bond donors (Lipinski definition) is 9. The number of phenols is 4. The minimum atomic E-state index is -4.14. The van der Waals surface area contributed by atoms with Crippen molar-refractivity contribution < 1.29 is 83.1 Å². The van der Waals surface area contributed by atoms with Gasteiger partial charge in [0.2, 0.25) is 0 Å². The Hall–Kier alpha value is -7.89. The van der Waals surface area contributed by atoms with Crippen LogP contribution in [0.1, 0.15) is 74.8 Å². The van der Waals surface area contributed by atoms with Crippen LogP contribution in [-0.2, 0) is 25.2 Å². The van der Waals surface area contributed by atoms with Gasteiger partial charge in [-0.05, 0) is 84.9 Å². The van der Waals surface area contributed by atoms with E-state index in [9.17, 15) is 49.8 Å². The molecule has 0 aromatic heterocycles. The third kappa shape index (κ3) is 6.67. The lowest BCUT2D eigenvalue weighted by molar-refractivity contribution is 0.0213. The van der Waals surface area contributed by atoms with Gasteiger partial charge in [0.1, 0.15) is 46.0 Å². The number of esters is 2. The molecule has 2 spiro atoms. The second-order valence-electron chi connectivity index (χ2n) is 13.8. The van der Waals surface area contributed by atoms with Crippen LogP contribution in [-0.4, -0.2) is 64.3 Å². The lowest BCUT2D eigenvalue weighted by atomic mass is 9.77. The molecular weight excluding hydrogens is 821 g/mol. The summed E-state index contributed by atoms with van der Waals surface area (Å²) in [6.07, 6.45) is 0. The highest BCUT2D eigenvalue weighted by Crippen LogP contribution is 2.58. The van der Waals surface area contributed by atoms with E-state index in [1.807, 2.05) is 0 Å². The molecule has 0 saturated carbocycles. The summed E-state index contributed by atoms with van der Waals surface area (Å²) in [7, 11) is -4.14. The van der Waals surface area contributed by atoms with Crippen molar-refractivity contribution >= 4 is 31.6 Å². The maximum Gasteiger partial charge on any atom is 0.397 e. The van der Waals surface area contributed by atoms with Crippen LogP contribution in [0.4, 0.5) is 0 Å². The zero-order chi connectivity index (χ0) is 43.8. The van der Waals surface area contributed by atoms with Crippen LogP contribution < -0.4 is 15.0 Å². The maximum absolute atomic E-state index is 12.7. The van der Waals surface area contributed by atoms with Crippen molar-refractivity contribution in [2.45, 2.75) is 11.2 Å². The molecule has 308 valence electrons. The van der Waals surface area contributed by atoms with E-state index in [0.29, 0.717) is 33.4 Å². The van der Waals surface area contributed by atoms with Crippen LogP contribution in [0, 0.1) is 0 Å². The summed E-state index contributed by atoms with van der Waals surface area (Å²) in [6.45, 7) is 0. The van der Waals surface area contributed by atoms with Crippen molar-refractivity contribution in [1.29, 1.82) is 0 Å². The molecule has 4 heterocycles. The number of fused-ring (bicyclic) bond motifs is 12. The van der Waals surface area contributed by atoms with Gasteiger partial charge in [0.25, 0.3) is 0 Å². The molecule has 0 radical (unpaired) electrons. The number of nitrogens with two attached hydrogens (primary N) is 1. The molecule has 19 heteroatoms. The Kier molecular flexibility index (Phi) is 9.25. The molecule has 10 rings (SSSR count). The molecule has 6 aromatic rings. The van der Waals surface area contributed by atoms with Gasteiger partial charge in [0.15, 0.2) is 11.2 Å². The molecule has 4 aliphatic rings. The summed E-state index contributed by atoms with van der Waals surface area (Å²) in [4.78, 5) is 63.2. The second-order valence-corrected chi connectivity index (χ2v) is 15.0. The van der Waals surface area contributed by atoms with Gasteiger partial charge >= 0.3 is 31.6 Å². The molecule has 6 aromatic carbocycles. The topological polar surface area (TPSA) is 310 Å². The van der Waals surface area contributed by atoms with Crippen LogP contribution >= 0.6 is 7.75 Å². The first-order valence-electron chi connectivity index (χ1n) is 17.6. The van der Waals surface area contributed by atoms with Gasteiger partial charge in [-0.15, -0.1) is 0 Å². The van der Waals surface area contributed by atoms with Crippen LogP contribution in [0.2, 0.25) is 0 Å². The van der Waals surface area contributed by atoms with Gasteiger partial charge in [-0.2, -0.15) is 0 Å². The summed E-state index contributed by atoms with van der Waals surface area (Å²) in [5, 5.41) is 58.3. The average molecular weight is 850 g/mol. The van der Waals surface area contributed by atoms with E-state index >= 15 is 0 Å². The van der Waals surface area contributed by atoms with E-state index in [2.05, 4.69) is 5.50 Å². The number of carboxylic acid groups (broad SMARTS) is 2. The van der Waals surface area contributed by atoms with Gasteiger partial charge in [0.05, 0.1) is 22.3 Å². The molecule has 61 heavy (non-hydrogen) atoms. The van der Waals surface area contributed by atoms with E-state index in [0.717, 1.165) is 0 Å². The van der Waals surface area contributed by atoms with Crippen molar-refractivity contribution in [3.8, 4) is 46.0 Å².